The molecule has 0 aliphatic rings. The maximum Gasteiger partial charge on any atom is 0.416 e. The fourth-order valence-electron chi connectivity index (χ4n) is 2.87. The molecule has 166 valence electrons. The van der Waals surface area contributed by atoms with Gasteiger partial charge in [0, 0.05) is 32.5 Å². The molecule has 1 heterocycles. The zero-order valence-electron chi connectivity index (χ0n) is 17.9. The standard InChI is InChI=1S/C21H30F3N5O/c1-14(2)19-28-18(30-29-19)9-6-11-26-20(25-4)27-12-10-15(3)16-7-5-8-17(13-16)21(22,23)24/h5,7-8,13-15H,6,9-12H2,1-4H3,(H2,25,26,27). The van der Waals surface area contributed by atoms with Crippen molar-refractivity contribution >= 4 is 5.96 Å². The van der Waals surface area contributed by atoms with Gasteiger partial charge in [0.25, 0.3) is 0 Å². The van der Waals surface area contributed by atoms with Crippen molar-refractivity contribution in [3.63, 3.8) is 0 Å². The minimum Gasteiger partial charge on any atom is -0.356 e. The van der Waals surface area contributed by atoms with E-state index >= 15 is 0 Å². The van der Waals surface area contributed by atoms with Crippen molar-refractivity contribution in [2.45, 2.75) is 58.0 Å². The van der Waals surface area contributed by atoms with Crippen molar-refractivity contribution in [2.24, 2.45) is 4.99 Å². The van der Waals surface area contributed by atoms with Crippen molar-refractivity contribution in [1.82, 2.24) is 20.8 Å². The normalized spacial score (nSPS) is 13.5. The molecule has 0 radical (unpaired) electrons. The predicted molar refractivity (Wildman–Crippen MR) is 111 cm³/mol. The molecule has 0 saturated heterocycles. The van der Waals surface area contributed by atoms with E-state index in [2.05, 4.69) is 25.8 Å². The first-order valence-electron chi connectivity index (χ1n) is 10.1. The molecule has 2 aromatic rings. The van der Waals surface area contributed by atoms with Gasteiger partial charge in [-0.2, -0.15) is 18.2 Å². The Labute approximate surface area is 175 Å². The lowest BCUT2D eigenvalue weighted by atomic mass is 9.96. The molecule has 2 N–H and O–H groups in total. The highest BCUT2D eigenvalue weighted by Crippen LogP contribution is 2.31. The van der Waals surface area contributed by atoms with Crippen LogP contribution in [0.5, 0.6) is 0 Å². The minimum atomic E-state index is -4.32. The Kier molecular flexibility index (Phi) is 8.68. The zero-order chi connectivity index (χ0) is 22.1. The largest absolute Gasteiger partial charge is 0.416 e. The van der Waals surface area contributed by atoms with E-state index in [1.807, 2.05) is 20.8 Å². The van der Waals surface area contributed by atoms with E-state index in [0.717, 1.165) is 12.5 Å². The van der Waals surface area contributed by atoms with Crippen LogP contribution >= 0.6 is 0 Å². The fourth-order valence-corrected chi connectivity index (χ4v) is 2.87. The second-order valence-corrected chi connectivity index (χ2v) is 7.54. The number of aryl methyl sites for hydroxylation is 1. The second kappa shape index (κ2) is 11.0. The molecule has 0 spiro atoms. The molecule has 0 bridgehead atoms. The molecule has 1 aromatic heterocycles. The van der Waals surface area contributed by atoms with E-state index in [1.165, 1.54) is 12.1 Å². The van der Waals surface area contributed by atoms with Gasteiger partial charge in [-0.25, -0.2) is 0 Å². The Hall–Kier alpha value is -2.58. The first-order chi connectivity index (χ1) is 14.2. The van der Waals surface area contributed by atoms with Gasteiger partial charge in [-0.05, 0) is 30.4 Å². The molecule has 1 aromatic carbocycles. The molecular formula is C21H30F3N5O. The van der Waals surface area contributed by atoms with Gasteiger partial charge in [0.05, 0.1) is 5.56 Å². The number of alkyl halides is 3. The van der Waals surface area contributed by atoms with E-state index < -0.39 is 11.7 Å². The van der Waals surface area contributed by atoms with E-state index in [-0.39, 0.29) is 11.8 Å². The number of aromatic nitrogens is 2. The topological polar surface area (TPSA) is 75.3 Å². The number of hydrogen-bond donors (Lipinski definition) is 2. The average molecular weight is 425 g/mol. The van der Waals surface area contributed by atoms with Crippen LogP contribution in [0.15, 0.2) is 33.8 Å². The number of benzene rings is 1. The van der Waals surface area contributed by atoms with Crippen LogP contribution in [0.1, 0.15) is 68.3 Å². The summed E-state index contributed by atoms with van der Waals surface area (Å²) in [6, 6.07) is 5.50. The first kappa shape index (κ1) is 23.7. The van der Waals surface area contributed by atoms with Crippen LogP contribution in [0.25, 0.3) is 0 Å². The van der Waals surface area contributed by atoms with Gasteiger partial charge >= 0.3 is 6.18 Å². The Balaban J connectivity index is 1.71. The quantitative estimate of drug-likeness (QED) is 0.351. The Morgan fingerprint density at radius 2 is 1.90 bits per heavy atom. The lowest BCUT2D eigenvalue weighted by Crippen LogP contribution is -2.38. The Morgan fingerprint density at radius 3 is 2.53 bits per heavy atom. The monoisotopic (exact) mass is 425 g/mol. The SMILES string of the molecule is CN=C(NCCCc1nc(C(C)C)no1)NCCC(C)c1cccc(C(F)(F)F)c1. The molecule has 0 aliphatic carbocycles. The highest BCUT2D eigenvalue weighted by atomic mass is 19.4. The van der Waals surface area contributed by atoms with Gasteiger partial charge < -0.3 is 15.2 Å². The minimum absolute atomic E-state index is 0.00872. The number of guanidine groups is 1. The maximum atomic E-state index is 12.9. The molecule has 30 heavy (non-hydrogen) atoms. The molecule has 6 nitrogen and oxygen atoms in total. The summed E-state index contributed by atoms with van der Waals surface area (Å²) in [5.74, 6) is 2.22. The average Bonchev–Trinajstić information content (AvgIpc) is 3.18. The smallest absolute Gasteiger partial charge is 0.356 e. The van der Waals surface area contributed by atoms with Gasteiger partial charge in [-0.1, -0.05) is 44.1 Å². The Morgan fingerprint density at radius 1 is 1.17 bits per heavy atom. The summed E-state index contributed by atoms with van der Waals surface area (Å²) in [5.41, 5.74) is 0.0638. The third-order valence-electron chi connectivity index (χ3n) is 4.74. The molecule has 2 rings (SSSR count). The van der Waals surface area contributed by atoms with Gasteiger partial charge in [0.15, 0.2) is 11.8 Å². The summed E-state index contributed by atoms with van der Waals surface area (Å²) in [6.07, 6.45) is -2.16. The summed E-state index contributed by atoms with van der Waals surface area (Å²) >= 11 is 0. The molecule has 9 heteroatoms. The van der Waals surface area contributed by atoms with Gasteiger partial charge in [0.1, 0.15) is 0 Å². The van der Waals surface area contributed by atoms with Gasteiger partial charge in [-0.3, -0.25) is 4.99 Å². The summed E-state index contributed by atoms with van der Waals surface area (Å²) in [7, 11) is 1.68. The highest BCUT2D eigenvalue weighted by molar-refractivity contribution is 5.79. The number of rotatable bonds is 9. The van der Waals surface area contributed by atoms with Gasteiger partial charge in [0.2, 0.25) is 5.89 Å². The third kappa shape index (κ3) is 7.35. The molecule has 0 fully saturated rings. The van der Waals surface area contributed by atoms with Crippen LogP contribution in [0.2, 0.25) is 0 Å². The number of halogens is 3. The van der Waals surface area contributed by atoms with Crippen LogP contribution in [0.4, 0.5) is 13.2 Å². The summed E-state index contributed by atoms with van der Waals surface area (Å²) in [6.45, 7) is 7.23. The maximum absolute atomic E-state index is 12.9. The van der Waals surface area contributed by atoms with Crippen LogP contribution in [-0.4, -0.2) is 36.2 Å². The van der Waals surface area contributed by atoms with Crippen molar-refractivity contribution in [1.29, 1.82) is 0 Å². The summed E-state index contributed by atoms with van der Waals surface area (Å²) in [5, 5.41) is 10.4. The van der Waals surface area contributed by atoms with Crippen molar-refractivity contribution < 1.29 is 17.7 Å². The number of nitrogens with zero attached hydrogens (tertiary/aromatic N) is 3. The molecule has 1 unspecified atom stereocenters. The van der Waals surface area contributed by atoms with E-state index in [4.69, 9.17) is 4.52 Å². The van der Waals surface area contributed by atoms with Gasteiger partial charge in [-0.15, -0.1) is 0 Å². The van der Waals surface area contributed by atoms with Crippen molar-refractivity contribution in [2.75, 3.05) is 20.1 Å². The Bertz CT molecular complexity index is 817. The lowest BCUT2D eigenvalue weighted by Gasteiger charge is -2.16. The first-order valence-corrected chi connectivity index (χ1v) is 10.1. The summed E-state index contributed by atoms with van der Waals surface area (Å²) < 4.78 is 43.9. The molecule has 0 amide bonds. The fraction of sp³-hybridized carbons (Fsp3) is 0.571. The molecular weight excluding hydrogens is 395 g/mol. The highest BCUT2D eigenvalue weighted by Gasteiger charge is 2.30. The second-order valence-electron chi connectivity index (χ2n) is 7.54. The van der Waals surface area contributed by atoms with E-state index in [0.29, 0.717) is 49.2 Å². The molecule has 0 saturated carbocycles. The molecule has 0 aliphatic heterocycles. The molecule has 1 atom stereocenters. The van der Waals surface area contributed by atoms with Crippen LogP contribution in [0.3, 0.4) is 0 Å². The predicted octanol–water partition coefficient (Wildman–Crippen LogP) is 4.50. The lowest BCUT2D eigenvalue weighted by molar-refractivity contribution is -0.137. The number of hydrogen-bond acceptors (Lipinski definition) is 4. The zero-order valence-corrected chi connectivity index (χ0v) is 17.9. The van der Waals surface area contributed by atoms with Crippen LogP contribution < -0.4 is 10.6 Å². The van der Waals surface area contributed by atoms with Crippen LogP contribution in [0, 0.1) is 0 Å². The third-order valence-corrected chi connectivity index (χ3v) is 4.74. The summed E-state index contributed by atoms with van der Waals surface area (Å²) in [4.78, 5) is 8.51. The van der Waals surface area contributed by atoms with Crippen molar-refractivity contribution in [3.05, 3.63) is 47.1 Å². The number of nitrogens with one attached hydrogen (secondary N) is 2. The van der Waals surface area contributed by atoms with Crippen molar-refractivity contribution in [3.8, 4) is 0 Å². The van der Waals surface area contributed by atoms with E-state index in [1.54, 1.807) is 13.1 Å². The number of aliphatic imine (C=N–C) groups is 1. The van der Waals surface area contributed by atoms with E-state index in [9.17, 15) is 13.2 Å². The van der Waals surface area contributed by atoms with Crippen LogP contribution in [-0.2, 0) is 12.6 Å².